The number of likely N-dealkylation sites (N-methyl/N-ethyl adjacent to an activating group) is 1. The second-order valence-electron chi connectivity index (χ2n) is 4.24. The molecule has 6 heteroatoms. The van der Waals surface area contributed by atoms with Crippen molar-refractivity contribution < 1.29 is 4.79 Å². The van der Waals surface area contributed by atoms with Gasteiger partial charge in [-0.25, -0.2) is 0 Å². The second-order valence-corrected chi connectivity index (χ2v) is 5.09. The molecule has 0 saturated carbocycles. The normalized spacial score (nSPS) is 10.4. The summed E-state index contributed by atoms with van der Waals surface area (Å²) in [7, 11) is 0. The number of benzene rings is 1. The fraction of sp³-hybridized carbons (Fsp3) is 0.429. The van der Waals surface area contributed by atoms with Crippen molar-refractivity contribution in [3.05, 3.63) is 34.9 Å². The van der Waals surface area contributed by atoms with E-state index in [4.69, 9.17) is 23.8 Å². The highest BCUT2D eigenvalue weighted by atomic mass is 35.5. The van der Waals surface area contributed by atoms with E-state index in [0.29, 0.717) is 22.2 Å². The Morgan fingerprint density at radius 1 is 1.25 bits per heavy atom. The second kappa shape index (κ2) is 8.89. The van der Waals surface area contributed by atoms with Gasteiger partial charge in [-0.15, -0.1) is 0 Å². The topological polar surface area (TPSA) is 44.4 Å². The van der Waals surface area contributed by atoms with Crippen molar-refractivity contribution in [2.75, 3.05) is 26.2 Å². The Kier molecular flexibility index (Phi) is 7.51. The first-order valence-corrected chi connectivity index (χ1v) is 7.42. The molecular weight excluding hydrogens is 294 g/mol. The van der Waals surface area contributed by atoms with Crippen LogP contribution < -0.4 is 10.6 Å². The molecular formula is C14H20ClN3OS. The maximum atomic E-state index is 11.9. The summed E-state index contributed by atoms with van der Waals surface area (Å²) in [6, 6.07) is 6.67. The standard InChI is InChI=1S/C14H20ClN3OS/c1-3-18(4-2)10-9-16-14(20)17-13(19)11-5-7-12(15)8-6-11/h5-8H,3-4,9-10H2,1-2H3,(H2,16,17,19,20). The van der Waals surface area contributed by atoms with E-state index in [2.05, 4.69) is 29.4 Å². The summed E-state index contributed by atoms with van der Waals surface area (Å²) in [5, 5.41) is 6.61. The van der Waals surface area contributed by atoms with Crippen molar-refractivity contribution in [2.45, 2.75) is 13.8 Å². The summed E-state index contributed by atoms with van der Waals surface area (Å²) >= 11 is 10.9. The first-order chi connectivity index (χ1) is 9.56. The highest BCUT2D eigenvalue weighted by Crippen LogP contribution is 2.09. The van der Waals surface area contributed by atoms with Gasteiger partial charge >= 0.3 is 0 Å². The van der Waals surface area contributed by atoms with E-state index in [0.717, 1.165) is 19.6 Å². The maximum absolute atomic E-state index is 11.9. The molecule has 0 unspecified atom stereocenters. The lowest BCUT2D eigenvalue weighted by Gasteiger charge is -2.18. The molecule has 0 bridgehead atoms. The van der Waals surface area contributed by atoms with Crippen LogP contribution >= 0.6 is 23.8 Å². The number of nitrogens with one attached hydrogen (secondary N) is 2. The smallest absolute Gasteiger partial charge is 0.257 e. The molecule has 4 nitrogen and oxygen atoms in total. The number of hydrogen-bond donors (Lipinski definition) is 2. The third kappa shape index (κ3) is 5.86. The molecule has 1 aromatic carbocycles. The van der Waals surface area contributed by atoms with Gasteiger partial charge in [0.25, 0.3) is 5.91 Å². The van der Waals surface area contributed by atoms with Crippen LogP contribution in [0.3, 0.4) is 0 Å². The van der Waals surface area contributed by atoms with E-state index in [-0.39, 0.29) is 5.91 Å². The first kappa shape index (κ1) is 16.9. The number of carbonyl (C=O) groups is 1. The van der Waals surface area contributed by atoms with Gasteiger partial charge in [0, 0.05) is 23.7 Å². The van der Waals surface area contributed by atoms with Crippen LogP contribution in [0.4, 0.5) is 0 Å². The Morgan fingerprint density at radius 3 is 2.40 bits per heavy atom. The minimum atomic E-state index is -0.234. The Hall–Kier alpha value is -1.17. The minimum Gasteiger partial charge on any atom is -0.361 e. The molecule has 20 heavy (non-hydrogen) atoms. The maximum Gasteiger partial charge on any atom is 0.257 e. The Morgan fingerprint density at radius 2 is 1.85 bits per heavy atom. The fourth-order valence-electron chi connectivity index (χ4n) is 1.69. The first-order valence-electron chi connectivity index (χ1n) is 6.64. The number of halogens is 1. The number of nitrogens with zero attached hydrogens (tertiary/aromatic N) is 1. The zero-order chi connectivity index (χ0) is 15.0. The molecule has 0 aliphatic heterocycles. The third-order valence-electron chi connectivity index (χ3n) is 2.94. The monoisotopic (exact) mass is 313 g/mol. The van der Waals surface area contributed by atoms with Crippen molar-refractivity contribution in [3.63, 3.8) is 0 Å². The van der Waals surface area contributed by atoms with E-state index >= 15 is 0 Å². The molecule has 0 atom stereocenters. The van der Waals surface area contributed by atoms with Gasteiger partial charge in [-0.05, 0) is 49.6 Å². The molecule has 0 saturated heterocycles. The summed E-state index contributed by atoms with van der Waals surface area (Å²) in [5.74, 6) is -0.234. The summed E-state index contributed by atoms with van der Waals surface area (Å²) in [4.78, 5) is 14.2. The SMILES string of the molecule is CCN(CC)CCNC(=S)NC(=O)c1ccc(Cl)cc1. The van der Waals surface area contributed by atoms with Gasteiger partial charge in [-0.1, -0.05) is 25.4 Å². The molecule has 0 heterocycles. The number of thiocarbonyl (C=S) groups is 1. The fourth-order valence-corrected chi connectivity index (χ4v) is 2.01. The average molecular weight is 314 g/mol. The lowest BCUT2D eigenvalue weighted by Crippen LogP contribution is -2.42. The van der Waals surface area contributed by atoms with E-state index in [9.17, 15) is 4.79 Å². The van der Waals surface area contributed by atoms with E-state index in [1.54, 1.807) is 24.3 Å². The van der Waals surface area contributed by atoms with E-state index < -0.39 is 0 Å². The molecule has 1 aromatic rings. The molecule has 0 radical (unpaired) electrons. The van der Waals surface area contributed by atoms with E-state index in [1.807, 2.05) is 0 Å². The predicted octanol–water partition coefficient (Wildman–Crippen LogP) is 2.29. The summed E-state index contributed by atoms with van der Waals surface area (Å²) in [6.07, 6.45) is 0. The van der Waals surface area contributed by atoms with Crippen molar-refractivity contribution in [1.29, 1.82) is 0 Å². The van der Waals surface area contributed by atoms with Crippen LogP contribution in [0.25, 0.3) is 0 Å². The molecule has 1 rings (SSSR count). The molecule has 2 N–H and O–H groups in total. The van der Waals surface area contributed by atoms with Crippen molar-refractivity contribution in [1.82, 2.24) is 15.5 Å². The average Bonchev–Trinajstić information content (AvgIpc) is 2.44. The van der Waals surface area contributed by atoms with Gasteiger partial charge in [0.05, 0.1) is 0 Å². The summed E-state index contributed by atoms with van der Waals surface area (Å²) < 4.78 is 0. The number of carbonyl (C=O) groups excluding carboxylic acids is 1. The number of rotatable bonds is 6. The van der Waals surface area contributed by atoms with Gasteiger partial charge in [0.2, 0.25) is 0 Å². The number of amides is 1. The lowest BCUT2D eigenvalue weighted by molar-refractivity contribution is 0.0976. The molecule has 0 aromatic heterocycles. The Bertz CT molecular complexity index is 446. The van der Waals surface area contributed by atoms with E-state index in [1.165, 1.54) is 0 Å². The third-order valence-corrected chi connectivity index (χ3v) is 3.44. The number of hydrogen-bond acceptors (Lipinski definition) is 3. The largest absolute Gasteiger partial charge is 0.361 e. The molecule has 110 valence electrons. The highest BCUT2D eigenvalue weighted by Gasteiger charge is 2.07. The zero-order valence-corrected chi connectivity index (χ0v) is 13.4. The Labute approximate surface area is 130 Å². The van der Waals surface area contributed by atoms with Crippen LogP contribution in [0.5, 0.6) is 0 Å². The van der Waals surface area contributed by atoms with Crippen LogP contribution in [0.15, 0.2) is 24.3 Å². The lowest BCUT2D eigenvalue weighted by atomic mass is 10.2. The van der Waals surface area contributed by atoms with Gasteiger partial charge < -0.3 is 10.2 Å². The van der Waals surface area contributed by atoms with Crippen LogP contribution in [-0.2, 0) is 0 Å². The molecule has 0 aliphatic carbocycles. The molecule has 0 aliphatic rings. The highest BCUT2D eigenvalue weighted by molar-refractivity contribution is 7.80. The quantitative estimate of drug-likeness (QED) is 0.791. The zero-order valence-electron chi connectivity index (χ0n) is 11.8. The Balaban J connectivity index is 2.35. The van der Waals surface area contributed by atoms with Gasteiger partial charge in [0.15, 0.2) is 5.11 Å². The van der Waals surface area contributed by atoms with Gasteiger partial charge in [0.1, 0.15) is 0 Å². The predicted molar refractivity (Wildman–Crippen MR) is 87.3 cm³/mol. The molecule has 1 amide bonds. The summed E-state index contributed by atoms with van der Waals surface area (Å²) in [6.45, 7) is 7.84. The molecule has 0 fully saturated rings. The molecule has 0 spiro atoms. The van der Waals surface area contributed by atoms with Crippen molar-refractivity contribution >= 4 is 34.8 Å². The van der Waals surface area contributed by atoms with Gasteiger partial charge in [-0.2, -0.15) is 0 Å². The van der Waals surface area contributed by atoms with Crippen molar-refractivity contribution in [2.24, 2.45) is 0 Å². The summed E-state index contributed by atoms with van der Waals surface area (Å²) in [5.41, 5.74) is 0.530. The van der Waals surface area contributed by atoms with Gasteiger partial charge in [-0.3, -0.25) is 10.1 Å². The van der Waals surface area contributed by atoms with Crippen LogP contribution in [0, 0.1) is 0 Å². The van der Waals surface area contributed by atoms with Crippen LogP contribution in [0.1, 0.15) is 24.2 Å². The van der Waals surface area contributed by atoms with Crippen molar-refractivity contribution in [3.8, 4) is 0 Å². The van der Waals surface area contributed by atoms with Crippen LogP contribution in [0.2, 0.25) is 5.02 Å². The minimum absolute atomic E-state index is 0.234. The van der Waals surface area contributed by atoms with Crippen LogP contribution in [-0.4, -0.2) is 42.1 Å².